The van der Waals surface area contributed by atoms with E-state index in [-0.39, 0.29) is 5.91 Å². The quantitative estimate of drug-likeness (QED) is 0.704. The van der Waals surface area contributed by atoms with Gasteiger partial charge in [0.25, 0.3) is 0 Å². The first-order chi connectivity index (χ1) is 10.1. The largest absolute Gasteiger partial charge is 0.380 e. The summed E-state index contributed by atoms with van der Waals surface area (Å²) >= 11 is 0. The molecule has 1 amide bonds. The molecule has 5 heteroatoms. The lowest BCUT2D eigenvalue weighted by Crippen LogP contribution is -2.58. The summed E-state index contributed by atoms with van der Waals surface area (Å²) in [5, 5.41) is 3.47. The molecule has 0 aromatic heterocycles. The van der Waals surface area contributed by atoms with E-state index in [4.69, 9.17) is 10.5 Å². The number of hydrogen-bond acceptors (Lipinski definition) is 4. The van der Waals surface area contributed by atoms with E-state index in [1.807, 2.05) is 0 Å². The van der Waals surface area contributed by atoms with E-state index in [1.54, 1.807) is 0 Å². The Morgan fingerprint density at radius 2 is 2.29 bits per heavy atom. The fourth-order valence-corrected chi connectivity index (χ4v) is 3.87. The highest BCUT2D eigenvalue weighted by Crippen LogP contribution is 2.38. The van der Waals surface area contributed by atoms with Crippen LogP contribution in [-0.4, -0.2) is 55.7 Å². The van der Waals surface area contributed by atoms with E-state index in [0.29, 0.717) is 12.0 Å². The first-order valence-electron chi connectivity index (χ1n) is 8.43. The minimum absolute atomic E-state index is 0.162. The highest BCUT2D eigenvalue weighted by molar-refractivity contribution is 5.85. The SMILES string of the molecule is CCCNC1(C(N)=O)CCCC1CCN(C)C1CCOC1. The van der Waals surface area contributed by atoms with Crippen LogP contribution in [-0.2, 0) is 9.53 Å². The molecule has 1 aliphatic heterocycles. The van der Waals surface area contributed by atoms with Crippen LogP contribution in [0.25, 0.3) is 0 Å². The van der Waals surface area contributed by atoms with Crippen molar-refractivity contribution in [3.63, 3.8) is 0 Å². The number of hydrogen-bond donors (Lipinski definition) is 2. The molecule has 3 N–H and O–H groups in total. The Balaban J connectivity index is 1.91. The van der Waals surface area contributed by atoms with Gasteiger partial charge in [-0.1, -0.05) is 13.3 Å². The molecular formula is C16H31N3O2. The Morgan fingerprint density at radius 1 is 1.48 bits per heavy atom. The number of nitrogens with one attached hydrogen (secondary N) is 1. The van der Waals surface area contributed by atoms with E-state index in [9.17, 15) is 4.79 Å². The van der Waals surface area contributed by atoms with Crippen LogP contribution in [0, 0.1) is 5.92 Å². The summed E-state index contributed by atoms with van der Waals surface area (Å²) in [6.07, 6.45) is 6.28. The van der Waals surface area contributed by atoms with E-state index in [2.05, 4.69) is 24.2 Å². The monoisotopic (exact) mass is 297 g/mol. The Kier molecular flexibility index (Phi) is 6.02. The van der Waals surface area contributed by atoms with Crippen LogP contribution in [0.1, 0.15) is 45.4 Å². The van der Waals surface area contributed by atoms with E-state index < -0.39 is 5.54 Å². The van der Waals surface area contributed by atoms with Crippen LogP contribution in [0.2, 0.25) is 0 Å². The summed E-state index contributed by atoms with van der Waals surface area (Å²) in [5.41, 5.74) is 5.29. The van der Waals surface area contributed by atoms with Crippen LogP contribution >= 0.6 is 0 Å². The zero-order valence-electron chi connectivity index (χ0n) is 13.6. The Hall–Kier alpha value is -0.650. The average molecular weight is 297 g/mol. The normalized spacial score (nSPS) is 32.9. The number of carbonyl (C=O) groups is 1. The van der Waals surface area contributed by atoms with Crippen molar-refractivity contribution >= 4 is 5.91 Å². The van der Waals surface area contributed by atoms with Gasteiger partial charge in [-0.2, -0.15) is 0 Å². The number of nitrogens with zero attached hydrogens (tertiary/aromatic N) is 1. The summed E-state index contributed by atoms with van der Waals surface area (Å²) in [4.78, 5) is 14.5. The van der Waals surface area contributed by atoms with Crippen LogP contribution in [0.5, 0.6) is 0 Å². The lowest BCUT2D eigenvalue weighted by atomic mass is 9.83. The third-order valence-corrected chi connectivity index (χ3v) is 5.31. The molecule has 0 radical (unpaired) electrons. The number of rotatable bonds is 8. The summed E-state index contributed by atoms with van der Waals surface area (Å²) in [6.45, 7) is 5.73. The number of ether oxygens (including phenoxy) is 1. The topological polar surface area (TPSA) is 67.6 Å². The van der Waals surface area contributed by atoms with Gasteiger partial charge in [0.05, 0.1) is 6.61 Å². The van der Waals surface area contributed by atoms with Crippen molar-refractivity contribution in [2.24, 2.45) is 11.7 Å². The van der Waals surface area contributed by atoms with Crippen molar-refractivity contribution in [3.05, 3.63) is 0 Å². The fraction of sp³-hybridized carbons (Fsp3) is 0.938. The molecule has 21 heavy (non-hydrogen) atoms. The van der Waals surface area contributed by atoms with Crippen LogP contribution < -0.4 is 11.1 Å². The summed E-state index contributed by atoms with van der Waals surface area (Å²) < 4.78 is 5.45. The van der Waals surface area contributed by atoms with Gasteiger partial charge in [-0.3, -0.25) is 4.79 Å². The molecule has 1 saturated carbocycles. The average Bonchev–Trinajstić information content (AvgIpc) is 3.12. The third-order valence-electron chi connectivity index (χ3n) is 5.31. The zero-order chi connectivity index (χ0) is 15.3. The maximum absolute atomic E-state index is 12.1. The molecule has 3 unspecified atom stereocenters. The predicted octanol–water partition coefficient (Wildman–Crippen LogP) is 1.12. The van der Waals surface area contributed by atoms with E-state index >= 15 is 0 Å². The molecule has 3 atom stereocenters. The predicted molar refractivity (Wildman–Crippen MR) is 84.0 cm³/mol. The number of likely N-dealkylation sites (N-methyl/N-ethyl adjacent to an activating group) is 1. The van der Waals surface area contributed by atoms with Gasteiger partial charge < -0.3 is 20.7 Å². The van der Waals surface area contributed by atoms with E-state index in [0.717, 1.165) is 64.8 Å². The van der Waals surface area contributed by atoms with Gasteiger partial charge in [0.2, 0.25) is 5.91 Å². The number of carbonyl (C=O) groups excluding carboxylic acids is 1. The Labute approximate surface area is 128 Å². The summed E-state index contributed by atoms with van der Waals surface area (Å²) in [6, 6.07) is 0.540. The molecule has 1 aliphatic carbocycles. The second kappa shape index (κ2) is 7.56. The van der Waals surface area contributed by atoms with Crippen molar-refractivity contribution in [1.82, 2.24) is 10.2 Å². The maximum atomic E-state index is 12.1. The van der Waals surface area contributed by atoms with Crippen molar-refractivity contribution in [3.8, 4) is 0 Å². The highest BCUT2D eigenvalue weighted by atomic mass is 16.5. The lowest BCUT2D eigenvalue weighted by Gasteiger charge is -2.35. The summed E-state index contributed by atoms with van der Waals surface area (Å²) in [7, 11) is 2.17. The van der Waals surface area contributed by atoms with Gasteiger partial charge in [-0.15, -0.1) is 0 Å². The molecule has 0 aromatic carbocycles. The Bertz CT molecular complexity index is 344. The molecule has 0 bridgehead atoms. The van der Waals surface area contributed by atoms with Crippen molar-refractivity contribution in [2.45, 2.75) is 57.0 Å². The summed E-state index contributed by atoms with van der Waals surface area (Å²) in [5.74, 6) is 0.205. The molecule has 2 rings (SSSR count). The van der Waals surface area contributed by atoms with E-state index in [1.165, 1.54) is 0 Å². The Morgan fingerprint density at radius 3 is 2.90 bits per heavy atom. The molecule has 0 spiro atoms. The van der Waals surface area contributed by atoms with Gasteiger partial charge >= 0.3 is 0 Å². The number of primary amides is 1. The smallest absolute Gasteiger partial charge is 0.238 e. The first-order valence-corrected chi connectivity index (χ1v) is 8.43. The van der Waals surface area contributed by atoms with Crippen molar-refractivity contribution in [2.75, 3.05) is 33.4 Å². The highest BCUT2D eigenvalue weighted by Gasteiger charge is 2.46. The molecule has 5 nitrogen and oxygen atoms in total. The van der Waals surface area contributed by atoms with Crippen molar-refractivity contribution in [1.29, 1.82) is 0 Å². The minimum Gasteiger partial charge on any atom is -0.380 e. The molecule has 2 fully saturated rings. The molecule has 1 saturated heterocycles. The van der Waals surface area contributed by atoms with Gasteiger partial charge in [0.1, 0.15) is 5.54 Å². The number of nitrogens with two attached hydrogens (primary N) is 1. The van der Waals surface area contributed by atoms with Crippen LogP contribution in [0.15, 0.2) is 0 Å². The van der Waals surface area contributed by atoms with Crippen LogP contribution in [0.3, 0.4) is 0 Å². The molecule has 122 valence electrons. The maximum Gasteiger partial charge on any atom is 0.238 e. The second-order valence-electron chi connectivity index (χ2n) is 6.64. The fourth-order valence-electron chi connectivity index (χ4n) is 3.87. The first kappa shape index (κ1) is 16.7. The van der Waals surface area contributed by atoms with Crippen LogP contribution in [0.4, 0.5) is 0 Å². The lowest BCUT2D eigenvalue weighted by molar-refractivity contribution is -0.126. The van der Waals surface area contributed by atoms with Gasteiger partial charge in [0, 0.05) is 12.6 Å². The standard InChI is InChI=1S/C16H31N3O2/c1-3-9-18-16(15(17)20)8-4-5-13(16)6-10-19(2)14-7-11-21-12-14/h13-14,18H,3-12H2,1-2H3,(H2,17,20). The molecular weight excluding hydrogens is 266 g/mol. The minimum atomic E-state index is -0.469. The molecule has 0 aromatic rings. The van der Waals surface area contributed by atoms with Crippen molar-refractivity contribution < 1.29 is 9.53 Å². The van der Waals surface area contributed by atoms with Gasteiger partial charge in [-0.05, 0) is 58.2 Å². The van der Waals surface area contributed by atoms with Gasteiger partial charge in [0.15, 0.2) is 0 Å². The number of amides is 1. The second-order valence-corrected chi connectivity index (χ2v) is 6.64. The molecule has 2 aliphatic rings. The zero-order valence-corrected chi connectivity index (χ0v) is 13.6. The molecule has 1 heterocycles. The third kappa shape index (κ3) is 3.76. The van der Waals surface area contributed by atoms with Gasteiger partial charge in [-0.25, -0.2) is 0 Å².